The van der Waals surface area contributed by atoms with Crippen LogP contribution in [0.5, 0.6) is 0 Å². The highest BCUT2D eigenvalue weighted by molar-refractivity contribution is 5.83. The zero-order valence-corrected chi connectivity index (χ0v) is 17.5. The molecule has 9 nitrogen and oxygen atoms in total. The molecule has 0 bridgehead atoms. The molecule has 2 fully saturated rings. The molecule has 0 spiro atoms. The lowest BCUT2D eigenvalue weighted by atomic mass is 10.1. The Kier molecular flexibility index (Phi) is 5.84. The van der Waals surface area contributed by atoms with Crippen LogP contribution in [0.1, 0.15) is 51.9 Å². The number of ether oxygens (including phenoxy) is 1. The normalized spacial score (nSPS) is 20.6. The second-order valence-electron chi connectivity index (χ2n) is 8.16. The van der Waals surface area contributed by atoms with Crippen LogP contribution < -0.4 is 10.6 Å². The Bertz CT molecular complexity index is 852. The van der Waals surface area contributed by atoms with Crippen molar-refractivity contribution < 1.29 is 9.53 Å². The van der Waals surface area contributed by atoms with E-state index in [0.717, 1.165) is 61.6 Å². The van der Waals surface area contributed by atoms with Gasteiger partial charge in [-0.3, -0.25) is 0 Å². The Balaban J connectivity index is 1.41. The number of amides is 1. The predicted octanol–water partition coefficient (Wildman–Crippen LogP) is 2.34. The highest BCUT2D eigenvalue weighted by Gasteiger charge is 2.27. The maximum atomic E-state index is 12.4. The number of hydrogen-bond acceptors (Lipinski definition) is 7. The number of fused-ring (bicyclic) bond motifs is 1. The van der Waals surface area contributed by atoms with Gasteiger partial charge in [0.2, 0.25) is 0 Å². The van der Waals surface area contributed by atoms with E-state index in [2.05, 4.69) is 45.9 Å². The number of imidazole rings is 1. The molecule has 9 heteroatoms. The van der Waals surface area contributed by atoms with Gasteiger partial charge in [0.1, 0.15) is 17.4 Å². The topological polar surface area (TPSA) is 97.2 Å². The number of carbonyl (C=O) groups is 1. The summed E-state index contributed by atoms with van der Waals surface area (Å²) in [6, 6.07) is 0.538. The lowest BCUT2D eigenvalue weighted by molar-refractivity contribution is 0.0641. The molecule has 1 amide bonds. The fourth-order valence-electron chi connectivity index (χ4n) is 3.94. The molecule has 4 heterocycles. The number of hydrogen-bond donors (Lipinski definition) is 2. The van der Waals surface area contributed by atoms with Gasteiger partial charge in [-0.05, 0) is 39.7 Å². The third-order valence-corrected chi connectivity index (χ3v) is 5.72. The maximum absolute atomic E-state index is 12.4. The minimum absolute atomic E-state index is 0.0104. The number of nitrogens with zero attached hydrogens (tertiary/aromatic N) is 5. The molecule has 0 radical (unpaired) electrons. The van der Waals surface area contributed by atoms with Gasteiger partial charge in [-0.1, -0.05) is 6.92 Å². The largest absolute Gasteiger partial charge is 0.445 e. The van der Waals surface area contributed by atoms with Crippen molar-refractivity contribution in [3.05, 3.63) is 12.2 Å². The van der Waals surface area contributed by atoms with Crippen LogP contribution in [-0.2, 0) is 11.2 Å². The van der Waals surface area contributed by atoms with Crippen molar-refractivity contribution in [2.45, 2.75) is 64.6 Å². The first-order valence-electron chi connectivity index (χ1n) is 10.7. The summed E-state index contributed by atoms with van der Waals surface area (Å²) in [6.07, 6.45) is 5.04. The van der Waals surface area contributed by atoms with Crippen molar-refractivity contribution in [3.63, 3.8) is 0 Å². The number of nitrogens with one attached hydrogen (secondary N) is 2. The summed E-state index contributed by atoms with van der Waals surface area (Å²) in [7, 11) is 0. The Morgan fingerprint density at radius 1 is 1.31 bits per heavy atom. The van der Waals surface area contributed by atoms with E-state index in [-0.39, 0.29) is 24.3 Å². The molecule has 158 valence electrons. The molecular weight excluding hydrogens is 370 g/mol. The van der Waals surface area contributed by atoms with Gasteiger partial charge in [-0.25, -0.2) is 19.7 Å². The number of aryl methyl sites for hydroxylation is 1. The average molecular weight is 402 g/mol. The fraction of sp³-hybridized carbons (Fsp3) is 0.700. The minimum Gasteiger partial charge on any atom is -0.445 e. The number of rotatable bonds is 5. The first-order chi connectivity index (χ1) is 14.0. The molecule has 1 atom stereocenters. The van der Waals surface area contributed by atoms with Crippen molar-refractivity contribution in [1.29, 1.82) is 0 Å². The Labute approximate surface area is 171 Å². The third-order valence-electron chi connectivity index (χ3n) is 5.72. The van der Waals surface area contributed by atoms with Crippen LogP contribution in [0.15, 0.2) is 6.33 Å². The van der Waals surface area contributed by atoms with Crippen LogP contribution >= 0.6 is 0 Å². The van der Waals surface area contributed by atoms with Crippen LogP contribution in [-0.4, -0.2) is 68.8 Å². The van der Waals surface area contributed by atoms with Crippen molar-refractivity contribution >= 4 is 23.1 Å². The summed E-state index contributed by atoms with van der Waals surface area (Å²) in [5, 5.41) is 6.79. The van der Waals surface area contributed by atoms with E-state index in [1.807, 2.05) is 11.2 Å². The van der Waals surface area contributed by atoms with Crippen LogP contribution in [0, 0.1) is 0 Å². The van der Waals surface area contributed by atoms with E-state index >= 15 is 0 Å². The molecule has 0 unspecified atom stereocenters. The van der Waals surface area contributed by atoms with Gasteiger partial charge >= 0.3 is 6.09 Å². The summed E-state index contributed by atoms with van der Waals surface area (Å²) in [6.45, 7) is 9.36. The second kappa shape index (κ2) is 8.52. The molecule has 2 aromatic rings. The van der Waals surface area contributed by atoms with E-state index < -0.39 is 0 Å². The van der Waals surface area contributed by atoms with Crippen LogP contribution in [0.4, 0.5) is 10.6 Å². The molecular formula is C20H31N7O2. The highest BCUT2D eigenvalue weighted by atomic mass is 16.6. The summed E-state index contributed by atoms with van der Waals surface area (Å²) in [5.41, 5.74) is 1.69. The Morgan fingerprint density at radius 2 is 2.10 bits per heavy atom. The van der Waals surface area contributed by atoms with Gasteiger partial charge in [0, 0.05) is 38.1 Å². The number of anilines is 1. The first kappa shape index (κ1) is 19.9. The summed E-state index contributed by atoms with van der Waals surface area (Å²) >= 11 is 0. The molecule has 2 N–H and O–H groups in total. The number of piperidine rings is 1. The summed E-state index contributed by atoms with van der Waals surface area (Å²) in [4.78, 5) is 28.1. The van der Waals surface area contributed by atoms with E-state index in [9.17, 15) is 4.79 Å². The van der Waals surface area contributed by atoms with Crippen LogP contribution in [0.2, 0.25) is 0 Å². The fourth-order valence-corrected chi connectivity index (χ4v) is 3.94. The monoisotopic (exact) mass is 401 g/mol. The number of aromatic nitrogens is 4. The maximum Gasteiger partial charge on any atom is 0.410 e. The standard InChI is InChI=1S/C20H31N7O2/c1-4-16-24-18(17-19(25-16)27(12-22-17)13(2)3)23-14-6-9-26(10-7-14)20(28)29-15-5-8-21-11-15/h12-15,21H,4-11H2,1-3H3,(H,23,24,25)/t15-/m0/s1. The number of carbonyl (C=O) groups excluding carboxylic acids is 1. The quantitative estimate of drug-likeness (QED) is 0.794. The molecule has 0 saturated carbocycles. The average Bonchev–Trinajstić information content (AvgIpc) is 3.38. The van der Waals surface area contributed by atoms with E-state index in [1.54, 1.807) is 0 Å². The van der Waals surface area contributed by atoms with Gasteiger partial charge in [0.25, 0.3) is 0 Å². The van der Waals surface area contributed by atoms with E-state index in [1.165, 1.54) is 0 Å². The smallest absolute Gasteiger partial charge is 0.410 e. The van der Waals surface area contributed by atoms with Crippen LogP contribution in [0.25, 0.3) is 11.2 Å². The highest BCUT2D eigenvalue weighted by Crippen LogP contribution is 2.24. The lowest BCUT2D eigenvalue weighted by Gasteiger charge is -2.32. The van der Waals surface area contributed by atoms with Gasteiger partial charge in [-0.2, -0.15) is 0 Å². The third kappa shape index (κ3) is 4.29. The molecule has 2 saturated heterocycles. The summed E-state index contributed by atoms with van der Waals surface area (Å²) in [5.74, 6) is 1.61. The second-order valence-corrected chi connectivity index (χ2v) is 8.16. The molecule has 0 aromatic carbocycles. The molecule has 2 aliphatic rings. The van der Waals surface area contributed by atoms with Gasteiger partial charge in [0.05, 0.1) is 6.33 Å². The Morgan fingerprint density at radius 3 is 2.76 bits per heavy atom. The molecule has 2 aliphatic heterocycles. The Hall–Kier alpha value is -2.42. The number of likely N-dealkylation sites (tertiary alicyclic amines) is 1. The van der Waals surface area contributed by atoms with Crippen molar-refractivity contribution in [3.8, 4) is 0 Å². The lowest BCUT2D eigenvalue weighted by Crippen LogP contribution is -2.44. The van der Waals surface area contributed by atoms with Crippen LogP contribution in [0.3, 0.4) is 0 Å². The predicted molar refractivity (Wildman–Crippen MR) is 111 cm³/mol. The molecule has 4 rings (SSSR count). The zero-order chi connectivity index (χ0) is 20.4. The van der Waals surface area contributed by atoms with Crippen molar-refractivity contribution in [2.24, 2.45) is 0 Å². The SMILES string of the molecule is CCc1nc(NC2CCN(C(=O)O[C@H]3CCNC3)CC2)c2ncn(C(C)C)c2n1. The van der Waals surface area contributed by atoms with Gasteiger partial charge in [-0.15, -0.1) is 0 Å². The zero-order valence-electron chi connectivity index (χ0n) is 17.5. The first-order valence-corrected chi connectivity index (χ1v) is 10.7. The van der Waals surface area contributed by atoms with Crippen molar-refractivity contribution in [1.82, 2.24) is 29.7 Å². The van der Waals surface area contributed by atoms with Gasteiger partial charge < -0.3 is 24.8 Å². The van der Waals surface area contributed by atoms with Crippen molar-refractivity contribution in [2.75, 3.05) is 31.5 Å². The summed E-state index contributed by atoms with van der Waals surface area (Å²) < 4.78 is 7.67. The molecule has 29 heavy (non-hydrogen) atoms. The minimum atomic E-state index is -0.189. The van der Waals surface area contributed by atoms with E-state index in [0.29, 0.717) is 13.1 Å². The van der Waals surface area contributed by atoms with E-state index in [4.69, 9.17) is 9.72 Å². The molecule has 2 aromatic heterocycles. The van der Waals surface area contributed by atoms with Gasteiger partial charge in [0.15, 0.2) is 11.5 Å². The molecule has 0 aliphatic carbocycles.